The van der Waals surface area contributed by atoms with E-state index >= 15 is 0 Å². The van der Waals surface area contributed by atoms with E-state index in [9.17, 15) is 20.0 Å². The molecule has 0 aliphatic heterocycles. The maximum atomic E-state index is 12.2. The molecule has 0 fully saturated rings. The number of fused-ring (bicyclic) bond motifs is 1. The highest BCUT2D eigenvalue weighted by Gasteiger charge is 2.23. The van der Waals surface area contributed by atoms with Crippen molar-refractivity contribution in [3.8, 4) is 5.75 Å². The number of rotatable bonds is 3. The van der Waals surface area contributed by atoms with Crippen LogP contribution in [0.3, 0.4) is 0 Å². The molecule has 6 heteroatoms. The molecule has 1 amide bonds. The Kier molecular flexibility index (Phi) is 3.64. The van der Waals surface area contributed by atoms with Gasteiger partial charge in [-0.2, -0.15) is 0 Å². The lowest BCUT2D eigenvalue weighted by Crippen LogP contribution is -2.13. The monoisotopic (exact) mass is 308 g/mol. The van der Waals surface area contributed by atoms with E-state index in [0.717, 1.165) is 0 Å². The Labute approximate surface area is 131 Å². The Morgan fingerprint density at radius 2 is 1.70 bits per heavy atom. The van der Waals surface area contributed by atoms with Crippen molar-refractivity contribution in [3.05, 3.63) is 76.3 Å². The molecule has 0 aromatic heterocycles. The summed E-state index contributed by atoms with van der Waals surface area (Å²) in [6, 6.07) is 16.3. The summed E-state index contributed by atoms with van der Waals surface area (Å²) in [6.45, 7) is 0. The molecule has 0 unspecified atom stereocenters. The predicted molar refractivity (Wildman–Crippen MR) is 86.7 cm³/mol. The second kappa shape index (κ2) is 5.76. The number of benzene rings is 3. The number of nitro benzene ring substituents is 1. The van der Waals surface area contributed by atoms with Gasteiger partial charge in [0.2, 0.25) is 0 Å². The van der Waals surface area contributed by atoms with Crippen LogP contribution < -0.4 is 5.32 Å². The normalized spacial score (nSPS) is 10.4. The number of hydrogen-bond acceptors (Lipinski definition) is 4. The predicted octanol–water partition coefficient (Wildman–Crippen LogP) is 3.71. The maximum Gasteiger partial charge on any atom is 0.297 e. The van der Waals surface area contributed by atoms with E-state index in [4.69, 9.17) is 0 Å². The van der Waals surface area contributed by atoms with Crippen LogP contribution in [0.2, 0.25) is 0 Å². The van der Waals surface area contributed by atoms with Gasteiger partial charge in [-0.15, -0.1) is 0 Å². The minimum atomic E-state index is -0.632. The number of amides is 1. The smallest absolute Gasteiger partial charge is 0.297 e. The lowest BCUT2D eigenvalue weighted by molar-refractivity contribution is -0.383. The molecule has 23 heavy (non-hydrogen) atoms. The summed E-state index contributed by atoms with van der Waals surface area (Å²) in [5, 5.41) is 25.0. The Balaban J connectivity index is 2.12. The zero-order valence-corrected chi connectivity index (χ0v) is 11.9. The molecule has 114 valence electrons. The van der Waals surface area contributed by atoms with Gasteiger partial charge in [0.05, 0.1) is 4.92 Å². The largest absolute Gasteiger partial charge is 0.505 e. The van der Waals surface area contributed by atoms with E-state index in [-0.39, 0.29) is 17.1 Å². The summed E-state index contributed by atoms with van der Waals surface area (Å²) in [5.74, 6) is -0.849. The minimum Gasteiger partial charge on any atom is -0.505 e. The minimum absolute atomic E-state index is 0.206. The van der Waals surface area contributed by atoms with Gasteiger partial charge in [0, 0.05) is 17.0 Å². The van der Waals surface area contributed by atoms with Gasteiger partial charge in [0.15, 0.2) is 11.4 Å². The fourth-order valence-electron chi connectivity index (χ4n) is 2.36. The summed E-state index contributed by atoms with van der Waals surface area (Å²) in [4.78, 5) is 22.9. The number of carbonyl (C=O) groups is 1. The lowest BCUT2D eigenvalue weighted by Gasteiger charge is -2.10. The third-order valence-electron chi connectivity index (χ3n) is 3.47. The zero-order chi connectivity index (χ0) is 16.4. The van der Waals surface area contributed by atoms with Crippen LogP contribution in [0.1, 0.15) is 10.4 Å². The molecule has 0 aliphatic carbocycles. The number of carbonyl (C=O) groups excluding carboxylic acids is 1. The second-order valence-corrected chi connectivity index (χ2v) is 4.92. The molecule has 0 saturated carbocycles. The molecule has 0 spiro atoms. The van der Waals surface area contributed by atoms with E-state index in [2.05, 4.69) is 5.32 Å². The number of phenolic OH excluding ortho intramolecular Hbond substituents is 1. The van der Waals surface area contributed by atoms with Crippen LogP contribution in [0.4, 0.5) is 11.4 Å². The van der Waals surface area contributed by atoms with Gasteiger partial charge in [-0.3, -0.25) is 14.9 Å². The average molecular weight is 308 g/mol. The van der Waals surface area contributed by atoms with Crippen LogP contribution in [0, 0.1) is 10.1 Å². The van der Waals surface area contributed by atoms with E-state index in [1.165, 1.54) is 6.07 Å². The van der Waals surface area contributed by atoms with Gasteiger partial charge in [0.1, 0.15) is 0 Å². The van der Waals surface area contributed by atoms with Crippen LogP contribution >= 0.6 is 0 Å². The van der Waals surface area contributed by atoms with Crippen molar-refractivity contribution in [2.75, 3.05) is 5.32 Å². The van der Waals surface area contributed by atoms with Gasteiger partial charge in [0.25, 0.3) is 11.6 Å². The molecule has 6 nitrogen and oxygen atoms in total. The summed E-state index contributed by atoms with van der Waals surface area (Å²) >= 11 is 0. The number of hydrogen-bond donors (Lipinski definition) is 2. The summed E-state index contributed by atoms with van der Waals surface area (Å²) in [5.41, 5.74) is -0.220. The zero-order valence-electron chi connectivity index (χ0n) is 11.9. The van der Waals surface area contributed by atoms with Crippen molar-refractivity contribution in [3.63, 3.8) is 0 Å². The van der Waals surface area contributed by atoms with Crippen molar-refractivity contribution in [2.45, 2.75) is 0 Å². The molecular weight excluding hydrogens is 296 g/mol. The van der Waals surface area contributed by atoms with Crippen molar-refractivity contribution in [2.24, 2.45) is 0 Å². The Bertz CT molecular complexity index is 907. The lowest BCUT2D eigenvalue weighted by atomic mass is 10.1. The van der Waals surface area contributed by atoms with Gasteiger partial charge in [-0.1, -0.05) is 42.5 Å². The first-order valence-electron chi connectivity index (χ1n) is 6.83. The molecule has 2 N–H and O–H groups in total. The third-order valence-corrected chi connectivity index (χ3v) is 3.47. The molecule has 3 aromatic rings. The van der Waals surface area contributed by atoms with E-state index in [1.807, 2.05) is 0 Å². The summed E-state index contributed by atoms with van der Waals surface area (Å²) < 4.78 is 0. The standard InChI is InChI=1S/C17H12N2O4/c20-16-13-9-5-4-8-12(13)10-14(19(22)23)15(16)18-17(21)11-6-2-1-3-7-11/h1-10,20H,(H,18,21). The molecule has 0 bridgehead atoms. The first-order valence-corrected chi connectivity index (χ1v) is 6.83. The quantitative estimate of drug-likeness (QED) is 0.438. The fourth-order valence-corrected chi connectivity index (χ4v) is 2.36. The highest BCUT2D eigenvalue weighted by atomic mass is 16.6. The fraction of sp³-hybridized carbons (Fsp3) is 0. The Morgan fingerprint density at radius 1 is 1.04 bits per heavy atom. The number of anilines is 1. The van der Waals surface area contributed by atoms with E-state index in [0.29, 0.717) is 16.3 Å². The van der Waals surface area contributed by atoms with Gasteiger partial charge < -0.3 is 10.4 Å². The number of phenols is 1. The van der Waals surface area contributed by atoms with E-state index in [1.54, 1.807) is 54.6 Å². The number of aromatic hydroxyl groups is 1. The van der Waals surface area contributed by atoms with Crippen molar-refractivity contribution < 1.29 is 14.8 Å². The number of nitrogens with zero attached hydrogens (tertiary/aromatic N) is 1. The Hall–Kier alpha value is -3.41. The molecule has 0 saturated heterocycles. The van der Waals surface area contributed by atoms with Gasteiger partial charge in [-0.25, -0.2) is 0 Å². The molecule has 3 aromatic carbocycles. The Morgan fingerprint density at radius 3 is 2.39 bits per heavy atom. The first kappa shape index (κ1) is 14.5. The topological polar surface area (TPSA) is 92.5 Å². The second-order valence-electron chi connectivity index (χ2n) is 4.92. The van der Waals surface area contributed by atoms with E-state index < -0.39 is 10.8 Å². The molecule has 0 atom stereocenters. The molecule has 3 rings (SSSR count). The van der Waals surface area contributed by atoms with Crippen molar-refractivity contribution >= 4 is 28.1 Å². The molecule has 0 heterocycles. The van der Waals surface area contributed by atoms with Crippen molar-refractivity contribution in [1.29, 1.82) is 0 Å². The van der Waals surface area contributed by atoms with Crippen LogP contribution in [-0.2, 0) is 0 Å². The van der Waals surface area contributed by atoms with Gasteiger partial charge >= 0.3 is 0 Å². The highest BCUT2D eigenvalue weighted by Crippen LogP contribution is 2.40. The molecule has 0 radical (unpaired) electrons. The van der Waals surface area contributed by atoms with Gasteiger partial charge in [-0.05, 0) is 17.5 Å². The van der Waals surface area contributed by atoms with Crippen LogP contribution in [-0.4, -0.2) is 15.9 Å². The average Bonchev–Trinajstić information content (AvgIpc) is 2.57. The van der Waals surface area contributed by atoms with Crippen LogP contribution in [0.5, 0.6) is 5.75 Å². The molecular formula is C17H12N2O4. The SMILES string of the molecule is O=C(Nc1c([N+](=O)[O-])cc2ccccc2c1O)c1ccccc1. The molecule has 0 aliphatic rings. The van der Waals surface area contributed by atoms with Crippen molar-refractivity contribution in [1.82, 2.24) is 0 Å². The summed E-state index contributed by atoms with van der Waals surface area (Å²) in [6.07, 6.45) is 0. The highest BCUT2D eigenvalue weighted by molar-refractivity contribution is 6.09. The maximum absolute atomic E-state index is 12.2. The van der Waals surface area contributed by atoms with Crippen LogP contribution in [0.15, 0.2) is 60.7 Å². The van der Waals surface area contributed by atoms with Crippen LogP contribution in [0.25, 0.3) is 10.8 Å². The number of nitrogens with one attached hydrogen (secondary N) is 1. The number of nitro groups is 1. The summed E-state index contributed by atoms with van der Waals surface area (Å²) in [7, 11) is 0. The first-order chi connectivity index (χ1) is 11.1. The third kappa shape index (κ3) is 2.69.